The van der Waals surface area contributed by atoms with E-state index in [9.17, 15) is 24.0 Å². The molecule has 0 spiro atoms. The van der Waals surface area contributed by atoms with Gasteiger partial charge in [0.2, 0.25) is 5.91 Å². The molecule has 0 unspecified atom stereocenters. The molecule has 0 aliphatic carbocycles. The molecule has 1 aromatic carbocycles. The number of hydrogen-bond acceptors (Lipinski definition) is 6. The topological polar surface area (TPSA) is 113 Å². The van der Waals surface area contributed by atoms with Crippen LogP contribution in [0.1, 0.15) is 33.6 Å². The fourth-order valence-electron chi connectivity index (χ4n) is 2.46. The first-order chi connectivity index (χ1) is 11.5. The SMILES string of the molecule is O=C(CCCN1C(=O)CNC1=O)ON1C(=O)c2ccccc2C1=O. The van der Waals surface area contributed by atoms with Crippen molar-refractivity contribution in [3.05, 3.63) is 35.4 Å². The Morgan fingerprint density at radius 3 is 2.25 bits per heavy atom. The van der Waals surface area contributed by atoms with Gasteiger partial charge in [-0.05, 0) is 18.6 Å². The van der Waals surface area contributed by atoms with Crippen molar-refractivity contribution in [1.82, 2.24) is 15.3 Å². The number of nitrogens with one attached hydrogen (secondary N) is 1. The fraction of sp³-hybridized carbons (Fsp3) is 0.267. The predicted molar refractivity (Wildman–Crippen MR) is 77.4 cm³/mol. The number of carbonyl (C=O) groups excluding carboxylic acids is 5. The van der Waals surface area contributed by atoms with E-state index in [0.717, 1.165) is 4.90 Å². The summed E-state index contributed by atoms with van der Waals surface area (Å²) in [5.41, 5.74) is 0.351. The lowest BCUT2D eigenvalue weighted by molar-refractivity contribution is -0.168. The monoisotopic (exact) mass is 331 g/mol. The van der Waals surface area contributed by atoms with Crippen molar-refractivity contribution in [3.63, 3.8) is 0 Å². The molecule has 5 amide bonds. The van der Waals surface area contributed by atoms with Gasteiger partial charge in [0.05, 0.1) is 17.7 Å². The largest absolute Gasteiger partial charge is 0.333 e. The van der Waals surface area contributed by atoms with Gasteiger partial charge < -0.3 is 10.2 Å². The first-order valence-electron chi connectivity index (χ1n) is 7.26. The molecule has 9 heteroatoms. The number of nitrogens with zero attached hydrogens (tertiary/aromatic N) is 2. The summed E-state index contributed by atoms with van der Waals surface area (Å²) in [7, 11) is 0. The second-order valence-electron chi connectivity index (χ2n) is 5.22. The standard InChI is InChI=1S/C15H13N3O6/c19-11-8-16-15(23)17(11)7-3-6-12(20)24-18-13(21)9-4-1-2-5-10(9)14(18)22/h1-2,4-5H,3,6-8H2,(H,16,23). The van der Waals surface area contributed by atoms with Gasteiger partial charge >= 0.3 is 12.0 Å². The number of rotatable bonds is 5. The molecule has 24 heavy (non-hydrogen) atoms. The van der Waals surface area contributed by atoms with Crippen LogP contribution in [0.3, 0.4) is 0 Å². The molecule has 124 valence electrons. The molecule has 9 nitrogen and oxygen atoms in total. The second-order valence-corrected chi connectivity index (χ2v) is 5.22. The Kier molecular flexibility index (Phi) is 3.98. The summed E-state index contributed by atoms with van der Waals surface area (Å²) in [5.74, 6) is -2.55. The molecular formula is C15H13N3O6. The summed E-state index contributed by atoms with van der Waals surface area (Å²) < 4.78 is 0. The Labute approximate surface area is 136 Å². The van der Waals surface area contributed by atoms with Crippen molar-refractivity contribution in [2.45, 2.75) is 12.8 Å². The summed E-state index contributed by atoms with van der Waals surface area (Å²) in [6.07, 6.45) is 0.0195. The number of hydroxylamine groups is 2. The van der Waals surface area contributed by atoms with Crippen LogP contribution in [0.4, 0.5) is 4.79 Å². The molecule has 2 aliphatic heterocycles. The number of hydrogen-bond donors (Lipinski definition) is 1. The van der Waals surface area contributed by atoms with Crippen molar-refractivity contribution in [2.24, 2.45) is 0 Å². The number of carbonyl (C=O) groups is 5. The minimum absolute atomic E-state index is 0.0572. The summed E-state index contributed by atoms with van der Waals surface area (Å²) in [4.78, 5) is 64.4. The number of fused-ring (bicyclic) bond motifs is 1. The van der Waals surface area contributed by atoms with E-state index in [-0.39, 0.29) is 43.0 Å². The lowest BCUT2D eigenvalue weighted by atomic mass is 10.1. The molecule has 3 rings (SSSR count). The van der Waals surface area contributed by atoms with Crippen molar-refractivity contribution in [1.29, 1.82) is 0 Å². The Bertz CT molecular complexity index is 708. The average molecular weight is 331 g/mol. The number of urea groups is 1. The molecule has 0 saturated carbocycles. The van der Waals surface area contributed by atoms with E-state index < -0.39 is 23.8 Å². The van der Waals surface area contributed by atoms with Crippen LogP contribution in [0.25, 0.3) is 0 Å². The minimum Gasteiger partial charge on any atom is -0.330 e. The van der Waals surface area contributed by atoms with E-state index in [1.165, 1.54) is 12.1 Å². The smallest absolute Gasteiger partial charge is 0.330 e. The second kappa shape index (κ2) is 6.11. The van der Waals surface area contributed by atoms with E-state index in [2.05, 4.69) is 5.32 Å². The van der Waals surface area contributed by atoms with Crippen molar-refractivity contribution in [2.75, 3.05) is 13.1 Å². The van der Waals surface area contributed by atoms with Crippen LogP contribution in [-0.2, 0) is 14.4 Å². The van der Waals surface area contributed by atoms with Gasteiger partial charge in [-0.15, -0.1) is 0 Å². The molecule has 0 atom stereocenters. The Morgan fingerprint density at radius 2 is 1.71 bits per heavy atom. The zero-order valence-corrected chi connectivity index (χ0v) is 12.5. The van der Waals surface area contributed by atoms with Crippen molar-refractivity contribution >= 4 is 29.7 Å². The third-order valence-corrected chi connectivity index (χ3v) is 3.65. The van der Waals surface area contributed by atoms with Gasteiger partial charge in [-0.2, -0.15) is 0 Å². The highest BCUT2D eigenvalue weighted by Crippen LogP contribution is 2.22. The normalized spacial score (nSPS) is 16.5. The zero-order valence-electron chi connectivity index (χ0n) is 12.5. The average Bonchev–Trinajstić information content (AvgIpc) is 3.01. The third kappa shape index (κ3) is 2.71. The Balaban J connectivity index is 1.53. The fourth-order valence-corrected chi connectivity index (χ4v) is 2.46. The number of benzene rings is 1. The summed E-state index contributed by atoms with van der Waals surface area (Å²) in [5, 5.41) is 2.79. The highest BCUT2D eigenvalue weighted by Gasteiger charge is 2.38. The molecular weight excluding hydrogens is 318 g/mol. The maximum Gasteiger partial charge on any atom is 0.333 e. The van der Waals surface area contributed by atoms with Gasteiger partial charge in [0.25, 0.3) is 11.8 Å². The Morgan fingerprint density at radius 1 is 1.08 bits per heavy atom. The highest BCUT2D eigenvalue weighted by atomic mass is 16.7. The van der Waals surface area contributed by atoms with Crippen LogP contribution in [-0.4, -0.2) is 52.8 Å². The first-order valence-corrected chi connectivity index (χ1v) is 7.26. The summed E-state index contributed by atoms with van der Waals surface area (Å²) in [6.45, 7) is 0.000203. The molecule has 2 aliphatic rings. The third-order valence-electron chi connectivity index (χ3n) is 3.65. The molecule has 1 saturated heterocycles. The maximum atomic E-state index is 12.0. The van der Waals surface area contributed by atoms with Crippen LogP contribution in [0.2, 0.25) is 0 Å². The molecule has 0 radical (unpaired) electrons. The molecule has 1 aromatic rings. The van der Waals surface area contributed by atoms with Crippen LogP contribution in [0.15, 0.2) is 24.3 Å². The summed E-state index contributed by atoms with van der Waals surface area (Å²) in [6, 6.07) is 5.65. The van der Waals surface area contributed by atoms with E-state index >= 15 is 0 Å². The van der Waals surface area contributed by atoms with Gasteiger partial charge in [0.1, 0.15) is 0 Å². The van der Waals surface area contributed by atoms with Gasteiger partial charge in [-0.1, -0.05) is 17.2 Å². The van der Waals surface area contributed by atoms with Gasteiger partial charge in [-0.3, -0.25) is 19.3 Å². The van der Waals surface area contributed by atoms with Crippen molar-refractivity contribution in [3.8, 4) is 0 Å². The van der Waals surface area contributed by atoms with E-state index in [0.29, 0.717) is 5.06 Å². The van der Waals surface area contributed by atoms with Crippen LogP contribution in [0, 0.1) is 0 Å². The first kappa shape index (κ1) is 15.7. The Hall–Kier alpha value is -3.23. The molecule has 1 fully saturated rings. The molecule has 1 N–H and O–H groups in total. The summed E-state index contributed by atoms with van der Waals surface area (Å²) >= 11 is 0. The molecule has 2 heterocycles. The lowest BCUT2D eigenvalue weighted by Crippen LogP contribution is -2.34. The van der Waals surface area contributed by atoms with Crippen LogP contribution < -0.4 is 5.32 Å². The minimum atomic E-state index is -0.795. The predicted octanol–water partition coefficient (Wildman–Crippen LogP) is 0.0728. The van der Waals surface area contributed by atoms with E-state index in [4.69, 9.17) is 4.84 Å². The number of imide groups is 2. The zero-order chi connectivity index (χ0) is 17.3. The maximum absolute atomic E-state index is 12.0. The van der Waals surface area contributed by atoms with Gasteiger partial charge in [0.15, 0.2) is 0 Å². The van der Waals surface area contributed by atoms with E-state index in [1.54, 1.807) is 12.1 Å². The quantitative estimate of drug-likeness (QED) is 0.603. The van der Waals surface area contributed by atoms with Crippen LogP contribution >= 0.6 is 0 Å². The lowest BCUT2D eigenvalue weighted by Gasteiger charge is -2.14. The van der Waals surface area contributed by atoms with Crippen molar-refractivity contribution < 1.29 is 28.8 Å². The molecule has 0 bridgehead atoms. The van der Waals surface area contributed by atoms with Gasteiger partial charge in [0, 0.05) is 13.0 Å². The number of amides is 5. The van der Waals surface area contributed by atoms with Gasteiger partial charge in [-0.25, -0.2) is 9.59 Å². The molecule has 0 aromatic heterocycles. The van der Waals surface area contributed by atoms with E-state index in [1.807, 2.05) is 0 Å². The van der Waals surface area contributed by atoms with Crippen LogP contribution in [0.5, 0.6) is 0 Å². The highest BCUT2D eigenvalue weighted by molar-refractivity contribution is 6.20.